The van der Waals surface area contributed by atoms with Crippen molar-refractivity contribution in [1.82, 2.24) is 0 Å². The van der Waals surface area contributed by atoms with Crippen LogP contribution >= 0.6 is 0 Å². The fourth-order valence-corrected chi connectivity index (χ4v) is 1.50. The number of carbonyl (C=O) groups is 1. The average molecular weight is 300 g/mol. The maximum atomic E-state index is 13.4. The number of halogens is 1. The van der Waals surface area contributed by atoms with E-state index in [9.17, 15) is 9.18 Å². The Hall–Kier alpha value is -1.70. The van der Waals surface area contributed by atoms with E-state index in [1.54, 1.807) is 7.11 Å². The van der Waals surface area contributed by atoms with Crippen molar-refractivity contribution in [3.63, 3.8) is 0 Å². The second-order valence-electron chi connectivity index (χ2n) is 4.30. The molecule has 6 nitrogen and oxygen atoms in total. The van der Waals surface area contributed by atoms with Gasteiger partial charge in [0.1, 0.15) is 12.4 Å². The summed E-state index contributed by atoms with van der Waals surface area (Å²) in [6.07, 6.45) is 0.670. The van der Waals surface area contributed by atoms with Gasteiger partial charge in [0.05, 0.1) is 18.9 Å². The topological polar surface area (TPSA) is 82.8 Å². The number of ether oxygens (including phenoxy) is 3. The molecule has 0 aliphatic heterocycles. The number of anilines is 2. The lowest BCUT2D eigenvalue weighted by Crippen LogP contribution is -2.19. The molecule has 0 bridgehead atoms. The largest absolute Gasteiger partial charge is 0.399 e. The van der Waals surface area contributed by atoms with Gasteiger partial charge in [0, 0.05) is 26.0 Å². The van der Waals surface area contributed by atoms with Gasteiger partial charge in [0.2, 0.25) is 5.91 Å². The smallest absolute Gasteiger partial charge is 0.250 e. The van der Waals surface area contributed by atoms with Crippen molar-refractivity contribution in [2.75, 3.05) is 51.2 Å². The molecular weight excluding hydrogens is 279 g/mol. The minimum atomic E-state index is -0.538. The monoisotopic (exact) mass is 300 g/mol. The summed E-state index contributed by atoms with van der Waals surface area (Å²) in [5.41, 5.74) is 5.94. The van der Waals surface area contributed by atoms with E-state index in [-0.39, 0.29) is 12.3 Å². The number of benzene rings is 1. The number of nitrogen functional groups attached to an aromatic ring is 1. The molecule has 0 aromatic heterocycles. The van der Waals surface area contributed by atoms with E-state index in [4.69, 9.17) is 19.9 Å². The molecule has 0 saturated heterocycles. The predicted octanol–water partition coefficient (Wildman–Crippen LogP) is 1.42. The van der Waals surface area contributed by atoms with Gasteiger partial charge < -0.3 is 25.3 Å². The molecule has 3 N–H and O–H groups in total. The fraction of sp³-hybridized carbons (Fsp3) is 0.500. The highest BCUT2D eigenvalue weighted by Gasteiger charge is 2.07. The molecule has 0 unspecified atom stereocenters. The number of methoxy groups -OCH3 is 1. The Balaban J connectivity index is 2.13. The Morgan fingerprint density at radius 3 is 2.76 bits per heavy atom. The first-order valence-corrected chi connectivity index (χ1v) is 6.62. The number of carbonyl (C=O) groups excluding carboxylic acids is 1. The SMILES string of the molecule is COCCOCCCOCC(=O)Nc1cc(N)ccc1F. The Labute approximate surface area is 123 Å². The lowest BCUT2D eigenvalue weighted by Gasteiger charge is -2.08. The van der Waals surface area contributed by atoms with Crippen molar-refractivity contribution in [3.05, 3.63) is 24.0 Å². The standard InChI is InChI=1S/C14H21FN2O4/c1-19-7-8-20-5-2-6-21-10-14(18)17-13-9-11(16)3-4-12(13)15/h3-4,9H,2,5-8,10,16H2,1H3,(H,17,18). The number of nitrogens with two attached hydrogens (primary N) is 1. The molecule has 0 aliphatic rings. The van der Waals surface area contributed by atoms with Crippen LogP contribution in [0.4, 0.5) is 15.8 Å². The van der Waals surface area contributed by atoms with E-state index in [0.717, 1.165) is 0 Å². The second-order valence-corrected chi connectivity index (χ2v) is 4.30. The van der Waals surface area contributed by atoms with Crippen LogP contribution < -0.4 is 11.1 Å². The molecule has 118 valence electrons. The van der Waals surface area contributed by atoms with E-state index >= 15 is 0 Å². The van der Waals surface area contributed by atoms with Crippen molar-refractivity contribution in [2.24, 2.45) is 0 Å². The van der Waals surface area contributed by atoms with Crippen molar-refractivity contribution in [1.29, 1.82) is 0 Å². The summed E-state index contributed by atoms with van der Waals surface area (Å²) >= 11 is 0. The van der Waals surface area contributed by atoms with Gasteiger partial charge in [-0.2, -0.15) is 0 Å². The Morgan fingerprint density at radius 2 is 2.00 bits per heavy atom. The van der Waals surface area contributed by atoms with Crippen LogP contribution in [0.15, 0.2) is 18.2 Å². The number of hydrogen-bond acceptors (Lipinski definition) is 5. The van der Waals surface area contributed by atoms with Crippen LogP contribution in [-0.4, -0.2) is 46.1 Å². The molecule has 1 aromatic rings. The summed E-state index contributed by atoms with van der Waals surface area (Å²) in [6.45, 7) is 1.86. The summed E-state index contributed by atoms with van der Waals surface area (Å²) in [5.74, 6) is -0.969. The highest BCUT2D eigenvalue weighted by molar-refractivity contribution is 5.92. The van der Waals surface area contributed by atoms with E-state index in [0.29, 0.717) is 38.5 Å². The maximum Gasteiger partial charge on any atom is 0.250 e. The van der Waals surface area contributed by atoms with Crippen molar-refractivity contribution >= 4 is 17.3 Å². The third-order valence-corrected chi connectivity index (χ3v) is 2.51. The van der Waals surface area contributed by atoms with Crippen LogP contribution in [0.1, 0.15) is 6.42 Å². The van der Waals surface area contributed by atoms with Crippen LogP contribution in [0.25, 0.3) is 0 Å². The third kappa shape index (κ3) is 7.60. The van der Waals surface area contributed by atoms with Gasteiger partial charge in [-0.3, -0.25) is 4.79 Å². The lowest BCUT2D eigenvalue weighted by atomic mass is 10.2. The number of nitrogens with one attached hydrogen (secondary N) is 1. The summed E-state index contributed by atoms with van der Waals surface area (Å²) in [4.78, 5) is 11.6. The number of hydrogen-bond donors (Lipinski definition) is 2. The van der Waals surface area contributed by atoms with Crippen LogP contribution in [0.2, 0.25) is 0 Å². The fourth-order valence-electron chi connectivity index (χ4n) is 1.50. The van der Waals surface area contributed by atoms with Gasteiger partial charge in [-0.15, -0.1) is 0 Å². The Morgan fingerprint density at radius 1 is 1.24 bits per heavy atom. The van der Waals surface area contributed by atoms with Crippen LogP contribution in [0.3, 0.4) is 0 Å². The molecule has 0 fully saturated rings. The van der Waals surface area contributed by atoms with Gasteiger partial charge in [-0.1, -0.05) is 0 Å². The summed E-state index contributed by atoms with van der Waals surface area (Å²) in [7, 11) is 1.61. The lowest BCUT2D eigenvalue weighted by molar-refractivity contribution is -0.120. The van der Waals surface area contributed by atoms with Crippen molar-refractivity contribution < 1.29 is 23.4 Å². The minimum absolute atomic E-state index is 0.0477. The molecule has 1 amide bonds. The molecule has 0 atom stereocenters. The Bertz CT molecular complexity index is 443. The number of rotatable bonds is 10. The molecule has 0 heterocycles. The highest BCUT2D eigenvalue weighted by atomic mass is 19.1. The summed E-state index contributed by atoms with van der Waals surface area (Å²) < 4.78 is 28.6. The molecule has 1 rings (SSSR count). The third-order valence-electron chi connectivity index (χ3n) is 2.51. The van der Waals surface area contributed by atoms with Gasteiger partial charge in [-0.25, -0.2) is 4.39 Å². The van der Waals surface area contributed by atoms with E-state index in [1.165, 1.54) is 18.2 Å². The van der Waals surface area contributed by atoms with Gasteiger partial charge in [0.15, 0.2) is 0 Å². The van der Waals surface area contributed by atoms with Crippen LogP contribution in [-0.2, 0) is 19.0 Å². The molecule has 0 spiro atoms. The zero-order chi connectivity index (χ0) is 15.5. The summed E-state index contributed by atoms with van der Waals surface area (Å²) in [6, 6.07) is 3.98. The zero-order valence-corrected chi connectivity index (χ0v) is 12.1. The molecule has 1 aromatic carbocycles. The van der Waals surface area contributed by atoms with Gasteiger partial charge in [-0.05, 0) is 24.6 Å². The molecule has 0 radical (unpaired) electrons. The highest BCUT2D eigenvalue weighted by Crippen LogP contribution is 2.17. The predicted molar refractivity (Wildman–Crippen MR) is 77.6 cm³/mol. The normalized spacial score (nSPS) is 10.6. The Kier molecular flexibility index (Phi) is 8.34. The van der Waals surface area contributed by atoms with Crippen LogP contribution in [0.5, 0.6) is 0 Å². The van der Waals surface area contributed by atoms with Crippen molar-refractivity contribution in [3.8, 4) is 0 Å². The number of amides is 1. The first kappa shape index (κ1) is 17.4. The average Bonchev–Trinajstić information content (AvgIpc) is 2.46. The maximum absolute atomic E-state index is 13.4. The molecule has 21 heavy (non-hydrogen) atoms. The van der Waals surface area contributed by atoms with Gasteiger partial charge >= 0.3 is 0 Å². The first-order chi connectivity index (χ1) is 10.1. The zero-order valence-electron chi connectivity index (χ0n) is 12.1. The van der Waals surface area contributed by atoms with Crippen molar-refractivity contribution in [2.45, 2.75) is 6.42 Å². The second kappa shape index (κ2) is 10.1. The minimum Gasteiger partial charge on any atom is -0.399 e. The molecule has 0 aliphatic carbocycles. The van der Waals surface area contributed by atoms with Gasteiger partial charge in [0.25, 0.3) is 0 Å². The quantitative estimate of drug-likeness (QED) is 0.504. The van der Waals surface area contributed by atoms with Crippen LogP contribution in [0, 0.1) is 5.82 Å². The van der Waals surface area contributed by atoms with E-state index in [1.807, 2.05) is 0 Å². The molecule has 7 heteroatoms. The molecular formula is C14H21FN2O4. The van der Waals surface area contributed by atoms with E-state index in [2.05, 4.69) is 5.32 Å². The first-order valence-electron chi connectivity index (χ1n) is 6.62. The van der Waals surface area contributed by atoms with E-state index < -0.39 is 11.7 Å². The molecule has 0 saturated carbocycles. The summed E-state index contributed by atoms with van der Waals surface area (Å²) in [5, 5.41) is 2.40.